The number of urea groups is 1. The van der Waals surface area contributed by atoms with Crippen molar-refractivity contribution >= 4 is 40.4 Å². The molecule has 0 radical (unpaired) electrons. The van der Waals surface area contributed by atoms with Crippen LogP contribution in [-0.2, 0) is 21.1 Å². The third kappa shape index (κ3) is 10.8. The number of amides is 3. The standard InChI is InChI=1S/C29H43N7O4S2/c1-35-17-19-36(20-18-35)29(38)34-25(13-8-16-32-28(30)31)27(37)33-24(15-14-22-9-4-2-5-10-22)26(41)21-42(39,40)23-11-6-3-7-12-23/h2-7,9-12,24-26,41H,8,13-21H2,1H3,(H,33,37)(H,34,38)(H4,30,31,32)/t24-,25-,26+/m0/s1. The van der Waals surface area contributed by atoms with Crippen molar-refractivity contribution in [2.45, 2.75) is 47.9 Å². The van der Waals surface area contributed by atoms with Gasteiger partial charge in [0.1, 0.15) is 6.04 Å². The van der Waals surface area contributed by atoms with Gasteiger partial charge in [0.05, 0.1) is 10.6 Å². The van der Waals surface area contributed by atoms with Crippen LogP contribution in [0.1, 0.15) is 24.8 Å². The zero-order chi connectivity index (χ0) is 30.5. The first-order chi connectivity index (χ1) is 20.0. The molecule has 0 unspecified atom stereocenters. The third-order valence-electron chi connectivity index (χ3n) is 7.22. The van der Waals surface area contributed by atoms with E-state index in [9.17, 15) is 18.0 Å². The SMILES string of the molecule is CN1CCN(C(=O)N[C@@H](CCCN=C(N)N)C(=O)N[C@@H](CCc2ccccc2)[C@H](S)CS(=O)(=O)c2ccccc2)CC1. The Kier molecular flexibility index (Phi) is 12.9. The summed E-state index contributed by atoms with van der Waals surface area (Å²) >= 11 is 4.69. The molecule has 6 N–H and O–H groups in total. The number of nitrogens with two attached hydrogens (primary N) is 2. The first-order valence-corrected chi connectivity index (χ1v) is 16.3. The van der Waals surface area contributed by atoms with E-state index in [1.54, 1.807) is 35.2 Å². The number of carbonyl (C=O) groups is 2. The first-order valence-electron chi connectivity index (χ1n) is 14.1. The fraction of sp³-hybridized carbons (Fsp3) is 0.483. The smallest absolute Gasteiger partial charge is 0.318 e. The maximum atomic E-state index is 13.7. The Hall–Kier alpha value is -3.29. The van der Waals surface area contributed by atoms with Crippen molar-refractivity contribution in [3.05, 3.63) is 66.2 Å². The maximum Gasteiger partial charge on any atom is 0.318 e. The quantitative estimate of drug-likeness (QED) is 0.0922. The summed E-state index contributed by atoms with van der Waals surface area (Å²) in [5, 5.41) is 5.21. The van der Waals surface area contributed by atoms with Crippen molar-refractivity contribution in [1.29, 1.82) is 0 Å². The maximum absolute atomic E-state index is 13.7. The van der Waals surface area contributed by atoms with Gasteiger partial charge in [-0.05, 0) is 50.4 Å². The fourth-order valence-corrected chi connectivity index (χ4v) is 6.96. The Labute approximate surface area is 254 Å². The molecule has 1 heterocycles. The normalized spacial score (nSPS) is 16.2. The number of piperazine rings is 1. The number of sulfone groups is 1. The van der Waals surface area contributed by atoms with Gasteiger partial charge in [0, 0.05) is 44.0 Å². The number of thiol groups is 1. The number of aliphatic imine (C=N–C) groups is 1. The fourth-order valence-electron chi connectivity index (χ4n) is 4.70. The van der Waals surface area contributed by atoms with Crippen molar-refractivity contribution in [1.82, 2.24) is 20.4 Å². The molecule has 1 aliphatic rings. The highest BCUT2D eigenvalue weighted by Crippen LogP contribution is 2.19. The van der Waals surface area contributed by atoms with Gasteiger partial charge in [-0.15, -0.1) is 0 Å². The Balaban J connectivity index is 1.76. The average Bonchev–Trinajstić information content (AvgIpc) is 2.97. The second kappa shape index (κ2) is 16.4. The highest BCUT2D eigenvalue weighted by molar-refractivity contribution is 7.92. The summed E-state index contributed by atoms with van der Waals surface area (Å²) in [7, 11) is -1.66. The van der Waals surface area contributed by atoms with Crippen molar-refractivity contribution < 1.29 is 18.0 Å². The Morgan fingerprint density at radius 1 is 0.952 bits per heavy atom. The lowest BCUT2D eigenvalue weighted by Crippen LogP contribution is -2.57. The van der Waals surface area contributed by atoms with Crippen LogP contribution in [0, 0.1) is 0 Å². The molecule has 3 amide bonds. The third-order valence-corrected chi connectivity index (χ3v) is 9.80. The van der Waals surface area contributed by atoms with E-state index < -0.39 is 33.1 Å². The zero-order valence-corrected chi connectivity index (χ0v) is 25.8. The highest BCUT2D eigenvalue weighted by Gasteiger charge is 2.31. The van der Waals surface area contributed by atoms with Gasteiger partial charge in [-0.1, -0.05) is 48.5 Å². The number of nitrogens with one attached hydrogen (secondary N) is 2. The van der Waals surface area contributed by atoms with Crippen LogP contribution in [-0.4, -0.2) is 99.0 Å². The zero-order valence-electron chi connectivity index (χ0n) is 24.1. The number of hydrogen-bond donors (Lipinski definition) is 5. The molecule has 0 aliphatic carbocycles. The molecule has 230 valence electrons. The molecule has 13 heteroatoms. The minimum absolute atomic E-state index is 0.0454. The molecule has 11 nitrogen and oxygen atoms in total. The van der Waals surface area contributed by atoms with Crippen LogP contribution < -0.4 is 22.1 Å². The predicted octanol–water partition coefficient (Wildman–Crippen LogP) is 1.26. The molecule has 42 heavy (non-hydrogen) atoms. The first kappa shape index (κ1) is 33.2. The summed E-state index contributed by atoms with van der Waals surface area (Å²) < 4.78 is 26.3. The molecule has 2 aromatic carbocycles. The summed E-state index contributed by atoms with van der Waals surface area (Å²) in [6.45, 7) is 2.90. The van der Waals surface area contributed by atoms with Crippen LogP contribution in [0.3, 0.4) is 0 Å². The van der Waals surface area contributed by atoms with Crippen LogP contribution in [0.4, 0.5) is 4.79 Å². The van der Waals surface area contributed by atoms with Crippen LogP contribution in [0.2, 0.25) is 0 Å². The summed E-state index contributed by atoms with van der Waals surface area (Å²) in [6.07, 6.45) is 1.83. The summed E-state index contributed by atoms with van der Waals surface area (Å²) in [5.41, 5.74) is 11.9. The summed E-state index contributed by atoms with van der Waals surface area (Å²) in [4.78, 5) is 34.8. The predicted molar refractivity (Wildman–Crippen MR) is 169 cm³/mol. The second-order valence-corrected chi connectivity index (χ2v) is 13.2. The molecular weight excluding hydrogens is 574 g/mol. The molecular formula is C29H43N7O4S2. The van der Waals surface area contributed by atoms with Gasteiger partial charge in [0.25, 0.3) is 0 Å². The minimum atomic E-state index is -3.65. The minimum Gasteiger partial charge on any atom is -0.370 e. The van der Waals surface area contributed by atoms with Crippen LogP contribution in [0.15, 0.2) is 70.6 Å². The molecule has 1 saturated heterocycles. The molecule has 0 aromatic heterocycles. The number of benzene rings is 2. The van der Waals surface area contributed by atoms with Gasteiger partial charge in [0.15, 0.2) is 15.8 Å². The number of rotatable bonds is 14. The molecule has 0 spiro atoms. The van der Waals surface area contributed by atoms with Gasteiger partial charge in [0.2, 0.25) is 5.91 Å². The Morgan fingerprint density at radius 3 is 2.19 bits per heavy atom. The molecule has 0 saturated carbocycles. The summed E-state index contributed by atoms with van der Waals surface area (Å²) in [6, 6.07) is 16.2. The van der Waals surface area contributed by atoms with Crippen molar-refractivity contribution in [2.24, 2.45) is 16.5 Å². The topological polar surface area (TPSA) is 163 Å². The van der Waals surface area contributed by atoms with E-state index in [-0.39, 0.29) is 22.6 Å². The molecule has 0 bridgehead atoms. The summed E-state index contributed by atoms with van der Waals surface area (Å²) in [5.74, 6) is -0.713. The monoisotopic (exact) mass is 617 g/mol. The molecule has 1 fully saturated rings. The number of guanidine groups is 1. The van der Waals surface area contributed by atoms with E-state index in [2.05, 4.69) is 33.2 Å². The molecule has 1 aliphatic heterocycles. The molecule has 2 aromatic rings. The lowest BCUT2D eigenvalue weighted by Gasteiger charge is -2.34. The van der Waals surface area contributed by atoms with Crippen LogP contribution >= 0.6 is 12.6 Å². The van der Waals surface area contributed by atoms with Gasteiger partial charge in [-0.2, -0.15) is 12.6 Å². The van der Waals surface area contributed by atoms with E-state index in [1.165, 1.54) is 0 Å². The number of likely N-dealkylation sites (N-methyl/N-ethyl adjacent to an activating group) is 1. The van der Waals surface area contributed by atoms with Crippen molar-refractivity contribution in [3.8, 4) is 0 Å². The number of aryl methyl sites for hydroxylation is 1. The Bertz CT molecular complexity index is 1270. The van der Waals surface area contributed by atoms with E-state index in [1.807, 2.05) is 37.4 Å². The van der Waals surface area contributed by atoms with Gasteiger partial charge in [-0.3, -0.25) is 9.79 Å². The van der Waals surface area contributed by atoms with E-state index in [4.69, 9.17) is 11.5 Å². The largest absolute Gasteiger partial charge is 0.370 e. The van der Waals surface area contributed by atoms with Gasteiger partial charge < -0.3 is 31.9 Å². The lowest BCUT2D eigenvalue weighted by atomic mass is 10.0. The Morgan fingerprint density at radius 2 is 1.57 bits per heavy atom. The van der Waals surface area contributed by atoms with E-state index in [0.29, 0.717) is 45.3 Å². The van der Waals surface area contributed by atoms with Crippen molar-refractivity contribution in [3.63, 3.8) is 0 Å². The number of nitrogens with zero attached hydrogens (tertiary/aromatic N) is 3. The van der Waals surface area contributed by atoms with Gasteiger partial charge in [-0.25, -0.2) is 13.2 Å². The van der Waals surface area contributed by atoms with Crippen LogP contribution in [0.5, 0.6) is 0 Å². The number of carbonyl (C=O) groups excluding carboxylic acids is 2. The van der Waals surface area contributed by atoms with E-state index in [0.717, 1.165) is 18.7 Å². The van der Waals surface area contributed by atoms with E-state index >= 15 is 0 Å². The average molecular weight is 618 g/mol. The molecule has 3 atom stereocenters. The van der Waals surface area contributed by atoms with Crippen molar-refractivity contribution in [2.75, 3.05) is 45.5 Å². The van der Waals surface area contributed by atoms with Crippen LogP contribution in [0.25, 0.3) is 0 Å². The second-order valence-electron chi connectivity index (χ2n) is 10.5. The van der Waals surface area contributed by atoms with Gasteiger partial charge >= 0.3 is 6.03 Å². The number of hydrogen-bond acceptors (Lipinski definition) is 7. The highest BCUT2D eigenvalue weighted by atomic mass is 32.2. The lowest BCUT2D eigenvalue weighted by molar-refractivity contribution is -0.123. The molecule has 3 rings (SSSR count).